The number of hydrogen-bond donors (Lipinski definition) is 1. The Morgan fingerprint density at radius 3 is 2.03 bits per heavy atom. The predicted molar refractivity (Wildman–Crippen MR) is 115 cm³/mol. The Kier molecular flexibility index (Phi) is 9.15. The Morgan fingerprint density at radius 2 is 1.48 bits per heavy atom. The number of amides is 1. The summed E-state index contributed by atoms with van der Waals surface area (Å²) in [5, 5.41) is 2.87. The number of nitrogens with one attached hydrogen (secondary N) is 1. The highest BCUT2D eigenvalue weighted by Crippen LogP contribution is 2.38. The Morgan fingerprint density at radius 1 is 0.862 bits per heavy atom. The van der Waals surface area contributed by atoms with Gasteiger partial charge in [0.05, 0.1) is 27.9 Å². The highest BCUT2D eigenvalue weighted by molar-refractivity contribution is 6.05. The van der Waals surface area contributed by atoms with Crippen LogP contribution in [-0.2, 0) is 0 Å². The molecule has 0 saturated carbocycles. The average molecular weight is 402 g/mol. The SMILES string of the molecule is CCCCCCCOc1ccc(NC(=O)c2cc(OC)c(OC)c(OC)c2)cc1. The fourth-order valence-electron chi connectivity index (χ4n) is 2.95. The smallest absolute Gasteiger partial charge is 0.255 e. The lowest BCUT2D eigenvalue weighted by Gasteiger charge is -2.14. The minimum Gasteiger partial charge on any atom is -0.494 e. The van der Waals surface area contributed by atoms with E-state index in [-0.39, 0.29) is 5.91 Å². The molecule has 0 unspecified atom stereocenters. The van der Waals surface area contributed by atoms with Crippen molar-refractivity contribution < 1.29 is 23.7 Å². The molecular weight excluding hydrogens is 370 g/mol. The molecule has 6 nitrogen and oxygen atoms in total. The molecule has 2 aromatic rings. The molecule has 0 fully saturated rings. The summed E-state index contributed by atoms with van der Waals surface area (Å²) in [7, 11) is 4.55. The van der Waals surface area contributed by atoms with Gasteiger partial charge in [0.25, 0.3) is 5.91 Å². The van der Waals surface area contributed by atoms with Gasteiger partial charge in [0.2, 0.25) is 5.75 Å². The van der Waals surface area contributed by atoms with E-state index >= 15 is 0 Å². The Bertz CT molecular complexity index is 748. The largest absolute Gasteiger partial charge is 0.494 e. The van der Waals surface area contributed by atoms with Crippen molar-refractivity contribution in [3.63, 3.8) is 0 Å². The third kappa shape index (κ3) is 6.59. The number of ether oxygens (including phenoxy) is 4. The molecular formula is C23H31NO5. The van der Waals surface area contributed by atoms with Crippen molar-refractivity contribution in [3.8, 4) is 23.0 Å². The number of hydrogen-bond acceptors (Lipinski definition) is 5. The van der Waals surface area contributed by atoms with Gasteiger partial charge in [-0.25, -0.2) is 0 Å². The molecule has 29 heavy (non-hydrogen) atoms. The molecule has 6 heteroatoms. The van der Waals surface area contributed by atoms with Crippen LogP contribution in [0.1, 0.15) is 49.4 Å². The maximum atomic E-state index is 12.6. The zero-order valence-corrected chi connectivity index (χ0v) is 17.7. The monoisotopic (exact) mass is 401 g/mol. The summed E-state index contributed by atoms with van der Waals surface area (Å²) in [5.74, 6) is 1.84. The normalized spacial score (nSPS) is 10.3. The number of benzene rings is 2. The number of rotatable bonds is 12. The van der Waals surface area contributed by atoms with Gasteiger partial charge in [-0.05, 0) is 42.8 Å². The first kappa shape index (κ1) is 22.4. The van der Waals surface area contributed by atoms with Gasteiger partial charge in [-0.1, -0.05) is 32.6 Å². The van der Waals surface area contributed by atoms with E-state index in [1.165, 1.54) is 47.0 Å². The van der Waals surface area contributed by atoms with Gasteiger partial charge in [-0.3, -0.25) is 4.79 Å². The minimum absolute atomic E-state index is 0.270. The molecule has 2 aromatic carbocycles. The van der Waals surface area contributed by atoms with E-state index in [1.807, 2.05) is 24.3 Å². The van der Waals surface area contributed by atoms with E-state index in [0.29, 0.717) is 35.1 Å². The third-order valence-corrected chi connectivity index (χ3v) is 4.56. The fourth-order valence-corrected chi connectivity index (χ4v) is 2.95. The maximum absolute atomic E-state index is 12.6. The lowest BCUT2D eigenvalue weighted by Crippen LogP contribution is -2.12. The number of carbonyl (C=O) groups excluding carboxylic acids is 1. The molecule has 1 N–H and O–H groups in total. The molecule has 0 spiro atoms. The highest BCUT2D eigenvalue weighted by atomic mass is 16.5. The van der Waals surface area contributed by atoms with Crippen LogP contribution in [-0.4, -0.2) is 33.8 Å². The fraction of sp³-hybridized carbons (Fsp3) is 0.435. The Labute approximate surface area is 173 Å². The van der Waals surface area contributed by atoms with Crippen molar-refractivity contribution in [1.82, 2.24) is 0 Å². The van der Waals surface area contributed by atoms with Gasteiger partial charge in [0, 0.05) is 11.3 Å². The van der Waals surface area contributed by atoms with Crippen LogP contribution in [0.5, 0.6) is 23.0 Å². The van der Waals surface area contributed by atoms with Crippen LogP contribution in [0.25, 0.3) is 0 Å². The Balaban J connectivity index is 1.95. The quantitative estimate of drug-likeness (QED) is 0.488. The van der Waals surface area contributed by atoms with Crippen LogP contribution in [0.2, 0.25) is 0 Å². The summed E-state index contributed by atoms with van der Waals surface area (Å²) in [6, 6.07) is 10.6. The molecule has 0 saturated heterocycles. The predicted octanol–water partition coefficient (Wildman–Crippen LogP) is 5.31. The van der Waals surface area contributed by atoms with Crippen LogP contribution in [0.15, 0.2) is 36.4 Å². The highest BCUT2D eigenvalue weighted by Gasteiger charge is 2.17. The summed E-state index contributed by atoms with van der Waals surface area (Å²) in [4.78, 5) is 12.6. The molecule has 0 aliphatic rings. The lowest BCUT2D eigenvalue weighted by molar-refractivity contribution is 0.102. The molecule has 158 valence electrons. The molecule has 0 bridgehead atoms. The summed E-state index contributed by atoms with van der Waals surface area (Å²) in [6.45, 7) is 2.92. The number of unbranched alkanes of at least 4 members (excludes halogenated alkanes) is 4. The molecule has 0 heterocycles. The zero-order valence-electron chi connectivity index (χ0n) is 17.7. The van der Waals surface area contributed by atoms with Crippen molar-refractivity contribution >= 4 is 11.6 Å². The molecule has 0 aromatic heterocycles. The van der Waals surface area contributed by atoms with Crippen LogP contribution in [0, 0.1) is 0 Å². The number of carbonyl (C=O) groups is 1. The molecule has 1 amide bonds. The second-order valence-electron chi connectivity index (χ2n) is 6.66. The van der Waals surface area contributed by atoms with Crippen LogP contribution in [0.3, 0.4) is 0 Å². The van der Waals surface area contributed by atoms with E-state index in [0.717, 1.165) is 12.2 Å². The summed E-state index contributed by atoms with van der Waals surface area (Å²) < 4.78 is 21.7. The van der Waals surface area contributed by atoms with Gasteiger partial charge < -0.3 is 24.3 Å². The first-order valence-electron chi connectivity index (χ1n) is 9.97. The molecule has 0 atom stereocenters. The molecule has 0 radical (unpaired) electrons. The van der Waals surface area contributed by atoms with E-state index < -0.39 is 0 Å². The van der Waals surface area contributed by atoms with Crippen LogP contribution >= 0.6 is 0 Å². The minimum atomic E-state index is -0.270. The average Bonchev–Trinajstić information content (AvgIpc) is 2.76. The first-order chi connectivity index (χ1) is 14.1. The van der Waals surface area contributed by atoms with E-state index in [9.17, 15) is 4.79 Å². The standard InChI is InChI=1S/C23H31NO5/c1-5-6-7-8-9-14-29-19-12-10-18(11-13-19)24-23(25)17-15-20(26-2)22(28-4)21(16-17)27-3/h10-13,15-16H,5-9,14H2,1-4H3,(H,24,25). The Hall–Kier alpha value is -2.89. The van der Waals surface area contributed by atoms with Gasteiger partial charge in [0.15, 0.2) is 11.5 Å². The van der Waals surface area contributed by atoms with Crippen molar-refractivity contribution in [3.05, 3.63) is 42.0 Å². The van der Waals surface area contributed by atoms with Crippen LogP contribution < -0.4 is 24.3 Å². The van der Waals surface area contributed by atoms with E-state index in [2.05, 4.69) is 12.2 Å². The molecule has 0 aliphatic carbocycles. The second kappa shape index (κ2) is 11.8. The maximum Gasteiger partial charge on any atom is 0.255 e. The molecule has 2 rings (SSSR count). The zero-order chi connectivity index (χ0) is 21.1. The number of methoxy groups -OCH3 is 3. The van der Waals surface area contributed by atoms with E-state index in [1.54, 1.807) is 12.1 Å². The summed E-state index contributed by atoms with van der Waals surface area (Å²) in [6.07, 6.45) is 6.02. The topological polar surface area (TPSA) is 66.0 Å². The molecule has 0 aliphatic heterocycles. The van der Waals surface area contributed by atoms with Crippen LogP contribution in [0.4, 0.5) is 5.69 Å². The van der Waals surface area contributed by atoms with Crippen molar-refractivity contribution in [2.24, 2.45) is 0 Å². The van der Waals surface area contributed by atoms with Crippen molar-refractivity contribution in [2.45, 2.75) is 39.0 Å². The van der Waals surface area contributed by atoms with Gasteiger partial charge >= 0.3 is 0 Å². The summed E-state index contributed by atoms with van der Waals surface area (Å²) >= 11 is 0. The van der Waals surface area contributed by atoms with Crippen molar-refractivity contribution in [1.29, 1.82) is 0 Å². The second-order valence-corrected chi connectivity index (χ2v) is 6.66. The van der Waals surface area contributed by atoms with Gasteiger partial charge in [-0.2, -0.15) is 0 Å². The van der Waals surface area contributed by atoms with E-state index in [4.69, 9.17) is 18.9 Å². The van der Waals surface area contributed by atoms with Gasteiger partial charge in [0.1, 0.15) is 5.75 Å². The number of anilines is 1. The summed E-state index contributed by atoms with van der Waals surface area (Å²) in [5.41, 5.74) is 1.09. The van der Waals surface area contributed by atoms with Crippen molar-refractivity contribution in [2.75, 3.05) is 33.3 Å². The lowest BCUT2D eigenvalue weighted by atomic mass is 10.1. The van der Waals surface area contributed by atoms with Gasteiger partial charge in [-0.15, -0.1) is 0 Å². The first-order valence-corrected chi connectivity index (χ1v) is 9.97. The third-order valence-electron chi connectivity index (χ3n) is 4.56.